The summed E-state index contributed by atoms with van der Waals surface area (Å²) in [6.45, 7) is 7.54. The molecule has 0 saturated carbocycles. The van der Waals surface area contributed by atoms with Gasteiger partial charge in [0.2, 0.25) is 0 Å². The third-order valence-electron chi connectivity index (χ3n) is 5.82. The van der Waals surface area contributed by atoms with Crippen molar-refractivity contribution in [3.63, 3.8) is 0 Å². The third kappa shape index (κ3) is 6.68. The second kappa shape index (κ2) is 11.5. The van der Waals surface area contributed by atoms with Crippen molar-refractivity contribution >= 4 is 29.4 Å². The van der Waals surface area contributed by atoms with Crippen molar-refractivity contribution in [3.8, 4) is 11.4 Å². The summed E-state index contributed by atoms with van der Waals surface area (Å²) in [6.07, 6.45) is 3.73. The molecule has 0 amide bonds. The van der Waals surface area contributed by atoms with Gasteiger partial charge in [0.1, 0.15) is 5.82 Å². The lowest BCUT2D eigenvalue weighted by Crippen LogP contribution is -2.19. The van der Waals surface area contributed by atoms with E-state index >= 15 is 0 Å². The van der Waals surface area contributed by atoms with Gasteiger partial charge in [-0.25, -0.2) is 4.98 Å². The summed E-state index contributed by atoms with van der Waals surface area (Å²) in [4.78, 5) is 33.3. The van der Waals surface area contributed by atoms with E-state index in [4.69, 9.17) is 4.98 Å². The Morgan fingerprint density at radius 2 is 1.97 bits per heavy atom. The zero-order valence-electron chi connectivity index (χ0n) is 20.1. The molecule has 1 aromatic carbocycles. The molecule has 0 bridgehead atoms. The Hall–Kier alpha value is -2.64. The number of aryl methyl sites for hydroxylation is 2. The van der Waals surface area contributed by atoms with Crippen LogP contribution >= 0.6 is 12.4 Å². The van der Waals surface area contributed by atoms with Crippen LogP contribution in [0, 0.1) is 18.8 Å². The number of rotatable bonds is 10. The fraction of sp³-hybridized carbons (Fsp3) is 0.480. The van der Waals surface area contributed by atoms with Crippen LogP contribution in [0.25, 0.3) is 22.4 Å². The van der Waals surface area contributed by atoms with Crippen LogP contribution in [0.3, 0.4) is 0 Å². The van der Waals surface area contributed by atoms with E-state index in [1.54, 1.807) is 13.1 Å². The number of carbonyl (C=O) groups is 1. The van der Waals surface area contributed by atoms with Crippen molar-refractivity contribution in [2.45, 2.75) is 46.6 Å². The highest BCUT2D eigenvalue weighted by molar-refractivity contribution is 5.85. The summed E-state index contributed by atoms with van der Waals surface area (Å²) in [6, 6.07) is 8.09. The first-order valence-corrected chi connectivity index (χ1v) is 11.2. The smallest absolute Gasteiger partial charge is 0.306 e. The lowest BCUT2D eigenvalue weighted by molar-refractivity contribution is -0.142. The highest BCUT2D eigenvalue weighted by Gasteiger charge is 2.19. The van der Waals surface area contributed by atoms with Gasteiger partial charge in [-0.05, 0) is 70.0 Å². The fourth-order valence-corrected chi connectivity index (χ4v) is 4.06. The molecule has 8 heteroatoms. The molecule has 7 nitrogen and oxygen atoms in total. The number of aromatic nitrogens is 3. The number of carboxylic acid groups (broad SMARTS) is 1. The van der Waals surface area contributed by atoms with Gasteiger partial charge in [-0.15, -0.1) is 12.4 Å². The van der Waals surface area contributed by atoms with Crippen molar-refractivity contribution < 1.29 is 9.90 Å². The predicted octanol–water partition coefficient (Wildman–Crippen LogP) is 4.36. The van der Waals surface area contributed by atoms with E-state index in [2.05, 4.69) is 46.5 Å². The van der Waals surface area contributed by atoms with Crippen molar-refractivity contribution in [2.75, 3.05) is 20.6 Å². The molecule has 0 unspecified atom stereocenters. The van der Waals surface area contributed by atoms with Gasteiger partial charge in [0.15, 0.2) is 0 Å². The molecule has 180 valence electrons. The molecule has 1 atom stereocenters. The minimum absolute atomic E-state index is 0. The van der Waals surface area contributed by atoms with Crippen LogP contribution in [-0.4, -0.2) is 51.2 Å². The maximum Gasteiger partial charge on any atom is 0.306 e. The number of carboxylic acids is 1. The number of nitrogens with zero attached hydrogens (tertiary/aromatic N) is 3. The molecular weight excluding hydrogens is 440 g/mol. The first-order chi connectivity index (χ1) is 15.2. The molecule has 0 fully saturated rings. The van der Waals surface area contributed by atoms with Gasteiger partial charge in [-0.3, -0.25) is 9.59 Å². The minimum atomic E-state index is -0.719. The molecule has 0 aliphatic rings. The number of aliphatic carboxylic acids is 1. The standard InChI is InChI=1S/C25H34N4O3.ClH/c1-16(2)12-19(25(31)32)8-6-18-7-9-22-21(14-18)27-23(29(22)11-10-28(4)5)20-13-17(3)24(30)26-15-20;/h7,9,13-16,19H,6,8,10-12H2,1-5H3,(H,26,30)(H,31,32);1H/t19-;/m0./s1. The van der Waals surface area contributed by atoms with Crippen molar-refractivity contribution in [1.82, 2.24) is 19.4 Å². The van der Waals surface area contributed by atoms with Gasteiger partial charge in [0, 0.05) is 30.4 Å². The number of halogens is 1. The second-order valence-corrected chi connectivity index (χ2v) is 9.32. The van der Waals surface area contributed by atoms with Crippen molar-refractivity contribution in [2.24, 2.45) is 11.8 Å². The van der Waals surface area contributed by atoms with Crippen LogP contribution in [0.2, 0.25) is 0 Å². The number of H-pyrrole nitrogens is 1. The van der Waals surface area contributed by atoms with E-state index in [0.29, 0.717) is 30.7 Å². The largest absolute Gasteiger partial charge is 0.481 e. The Bertz CT molecular complexity index is 1150. The molecule has 2 heterocycles. The minimum Gasteiger partial charge on any atom is -0.481 e. The molecule has 3 aromatic rings. The van der Waals surface area contributed by atoms with E-state index in [0.717, 1.165) is 41.1 Å². The van der Waals surface area contributed by atoms with Crippen LogP contribution in [0.15, 0.2) is 35.3 Å². The summed E-state index contributed by atoms with van der Waals surface area (Å²) in [5.74, 6) is 0.127. The number of likely N-dealkylation sites (N-methyl/N-ethyl adjacent to an activating group) is 1. The van der Waals surface area contributed by atoms with E-state index < -0.39 is 5.97 Å². The number of hydrogen-bond acceptors (Lipinski definition) is 4. The predicted molar refractivity (Wildman–Crippen MR) is 135 cm³/mol. The Balaban J connectivity index is 0.00000385. The van der Waals surface area contributed by atoms with Crippen LogP contribution in [0.4, 0.5) is 0 Å². The second-order valence-electron chi connectivity index (χ2n) is 9.32. The molecule has 3 rings (SSSR count). The van der Waals surface area contributed by atoms with Crippen LogP contribution < -0.4 is 5.56 Å². The molecular formula is C25H35ClN4O3. The summed E-state index contributed by atoms with van der Waals surface area (Å²) >= 11 is 0. The van der Waals surface area contributed by atoms with Crippen LogP contribution in [-0.2, 0) is 17.8 Å². The molecule has 0 spiro atoms. The number of benzene rings is 1. The topological polar surface area (TPSA) is 91.2 Å². The highest BCUT2D eigenvalue weighted by atomic mass is 35.5. The first-order valence-electron chi connectivity index (χ1n) is 11.2. The van der Waals surface area contributed by atoms with Gasteiger partial charge in [0.25, 0.3) is 5.56 Å². The Labute approximate surface area is 201 Å². The highest BCUT2D eigenvalue weighted by Crippen LogP contribution is 2.27. The number of aromatic amines is 1. The monoisotopic (exact) mass is 474 g/mol. The number of imidazole rings is 1. The molecule has 2 aromatic heterocycles. The van der Waals surface area contributed by atoms with Gasteiger partial charge < -0.3 is 19.6 Å². The summed E-state index contributed by atoms with van der Waals surface area (Å²) in [5, 5.41) is 9.54. The Kier molecular flexibility index (Phi) is 9.25. The van der Waals surface area contributed by atoms with Gasteiger partial charge in [0.05, 0.1) is 17.0 Å². The molecule has 2 N–H and O–H groups in total. The number of pyridine rings is 1. The first kappa shape index (κ1) is 26.6. The maximum absolute atomic E-state index is 11.8. The quantitative estimate of drug-likeness (QED) is 0.455. The normalized spacial score (nSPS) is 12.3. The number of nitrogens with one attached hydrogen (secondary N) is 1. The van der Waals surface area contributed by atoms with E-state index in [-0.39, 0.29) is 23.9 Å². The lowest BCUT2D eigenvalue weighted by atomic mass is 9.91. The molecule has 0 aliphatic heterocycles. The van der Waals surface area contributed by atoms with Crippen LogP contribution in [0.5, 0.6) is 0 Å². The number of fused-ring (bicyclic) bond motifs is 1. The van der Waals surface area contributed by atoms with Gasteiger partial charge in [-0.1, -0.05) is 19.9 Å². The SMILES string of the molecule is Cc1cc(-c2nc3cc(CC[C@@H](CC(C)C)C(=O)O)ccc3n2CCN(C)C)c[nH]c1=O.Cl. The molecule has 0 radical (unpaired) electrons. The van der Waals surface area contributed by atoms with E-state index in [9.17, 15) is 14.7 Å². The number of hydrogen-bond donors (Lipinski definition) is 2. The maximum atomic E-state index is 11.8. The van der Waals surface area contributed by atoms with E-state index in [1.807, 2.05) is 20.2 Å². The average molecular weight is 475 g/mol. The average Bonchev–Trinajstić information content (AvgIpc) is 3.08. The van der Waals surface area contributed by atoms with Crippen molar-refractivity contribution in [3.05, 3.63) is 51.9 Å². The van der Waals surface area contributed by atoms with Crippen LogP contribution in [0.1, 0.15) is 37.8 Å². The molecule has 0 saturated heterocycles. The molecule has 0 aliphatic carbocycles. The Morgan fingerprint density at radius 3 is 2.58 bits per heavy atom. The van der Waals surface area contributed by atoms with Crippen molar-refractivity contribution in [1.29, 1.82) is 0 Å². The summed E-state index contributed by atoms with van der Waals surface area (Å²) < 4.78 is 2.19. The van der Waals surface area contributed by atoms with E-state index in [1.165, 1.54) is 0 Å². The Morgan fingerprint density at radius 1 is 1.24 bits per heavy atom. The van der Waals surface area contributed by atoms with Gasteiger partial charge >= 0.3 is 5.97 Å². The zero-order chi connectivity index (χ0) is 23.4. The summed E-state index contributed by atoms with van der Waals surface area (Å²) in [5.41, 5.74) is 4.44. The zero-order valence-corrected chi connectivity index (χ0v) is 20.9. The van der Waals surface area contributed by atoms with Gasteiger partial charge in [-0.2, -0.15) is 0 Å². The fourth-order valence-electron chi connectivity index (χ4n) is 4.06. The summed E-state index contributed by atoms with van der Waals surface area (Å²) in [7, 11) is 4.08. The lowest BCUT2D eigenvalue weighted by Gasteiger charge is -2.15. The molecule has 33 heavy (non-hydrogen) atoms. The third-order valence-corrected chi connectivity index (χ3v) is 5.82.